The van der Waals surface area contributed by atoms with Crippen molar-refractivity contribution in [1.82, 2.24) is 9.55 Å². The largest absolute Gasteiger partial charge is 0.325 e. The molecule has 29 heavy (non-hydrogen) atoms. The standard InChI is InChI=1S/C22H24N4O3/c1-5-20(28)25(4)21-22(29)26(18-9-7-6-8-17(18)24-21)13-19(27)23-16-11-14(2)10-15(3)12-16/h6-12H,5,13H2,1-4H3,(H,23,27). The lowest BCUT2D eigenvalue weighted by molar-refractivity contribution is -0.118. The summed E-state index contributed by atoms with van der Waals surface area (Å²) in [6.45, 7) is 5.44. The Morgan fingerprint density at radius 2 is 1.76 bits per heavy atom. The van der Waals surface area contributed by atoms with Crippen LogP contribution in [-0.2, 0) is 16.1 Å². The summed E-state index contributed by atoms with van der Waals surface area (Å²) in [7, 11) is 1.52. The van der Waals surface area contributed by atoms with Gasteiger partial charge in [-0.25, -0.2) is 4.98 Å². The van der Waals surface area contributed by atoms with E-state index in [9.17, 15) is 14.4 Å². The molecule has 0 aliphatic heterocycles. The van der Waals surface area contributed by atoms with Crippen LogP contribution in [-0.4, -0.2) is 28.4 Å². The first kappa shape index (κ1) is 20.3. The molecule has 1 heterocycles. The van der Waals surface area contributed by atoms with E-state index in [1.165, 1.54) is 16.5 Å². The van der Waals surface area contributed by atoms with Gasteiger partial charge in [0.25, 0.3) is 5.56 Å². The van der Waals surface area contributed by atoms with Crippen LogP contribution in [0.5, 0.6) is 0 Å². The minimum absolute atomic E-state index is 0.00903. The molecule has 0 atom stereocenters. The van der Waals surface area contributed by atoms with Gasteiger partial charge in [0.15, 0.2) is 0 Å². The van der Waals surface area contributed by atoms with Crippen molar-refractivity contribution in [2.24, 2.45) is 0 Å². The van der Waals surface area contributed by atoms with Crippen LogP contribution in [0.15, 0.2) is 47.3 Å². The van der Waals surface area contributed by atoms with Gasteiger partial charge in [0.2, 0.25) is 17.6 Å². The maximum Gasteiger partial charge on any atom is 0.294 e. The van der Waals surface area contributed by atoms with E-state index >= 15 is 0 Å². The second-order valence-electron chi connectivity index (χ2n) is 7.05. The molecule has 0 aliphatic carbocycles. The Morgan fingerprint density at radius 1 is 1.10 bits per heavy atom. The van der Waals surface area contributed by atoms with Gasteiger partial charge in [-0.1, -0.05) is 25.1 Å². The highest BCUT2D eigenvalue weighted by atomic mass is 16.2. The average Bonchev–Trinajstić information content (AvgIpc) is 2.67. The molecular formula is C22H24N4O3. The number of amides is 2. The molecule has 7 nitrogen and oxygen atoms in total. The number of fused-ring (bicyclic) bond motifs is 1. The molecule has 0 bridgehead atoms. The summed E-state index contributed by atoms with van der Waals surface area (Å²) in [6.07, 6.45) is 0.248. The van der Waals surface area contributed by atoms with Crippen molar-refractivity contribution < 1.29 is 9.59 Å². The van der Waals surface area contributed by atoms with Crippen LogP contribution in [0.3, 0.4) is 0 Å². The third kappa shape index (κ3) is 4.34. The lowest BCUT2D eigenvalue weighted by Crippen LogP contribution is -2.36. The Morgan fingerprint density at radius 3 is 2.41 bits per heavy atom. The number of rotatable bonds is 5. The van der Waals surface area contributed by atoms with Crippen molar-refractivity contribution in [2.45, 2.75) is 33.7 Å². The summed E-state index contributed by atoms with van der Waals surface area (Å²) in [5.41, 5.74) is 3.34. The predicted molar refractivity (Wildman–Crippen MR) is 114 cm³/mol. The van der Waals surface area contributed by atoms with Gasteiger partial charge >= 0.3 is 0 Å². The van der Waals surface area contributed by atoms with E-state index in [1.54, 1.807) is 31.2 Å². The molecular weight excluding hydrogens is 368 g/mol. The fourth-order valence-corrected chi connectivity index (χ4v) is 3.30. The van der Waals surface area contributed by atoms with E-state index in [2.05, 4.69) is 10.3 Å². The molecule has 2 aromatic carbocycles. The van der Waals surface area contributed by atoms with E-state index in [4.69, 9.17) is 0 Å². The maximum absolute atomic E-state index is 13.1. The summed E-state index contributed by atoms with van der Waals surface area (Å²) in [4.78, 5) is 43.5. The minimum atomic E-state index is -0.483. The second kappa shape index (κ2) is 8.26. The third-order valence-corrected chi connectivity index (χ3v) is 4.64. The maximum atomic E-state index is 13.1. The zero-order chi connectivity index (χ0) is 21.1. The van der Waals surface area contributed by atoms with E-state index in [0.29, 0.717) is 16.7 Å². The number of benzene rings is 2. The number of anilines is 2. The summed E-state index contributed by atoms with van der Waals surface area (Å²) in [5, 5.41) is 2.85. The second-order valence-corrected chi connectivity index (χ2v) is 7.05. The minimum Gasteiger partial charge on any atom is -0.325 e. The number of carbonyl (C=O) groups excluding carboxylic acids is 2. The van der Waals surface area contributed by atoms with E-state index in [1.807, 2.05) is 32.0 Å². The lowest BCUT2D eigenvalue weighted by atomic mass is 10.1. The van der Waals surface area contributed by atoms with Crippen LogP contribution in [0.2, 0.25) is 0 Å². The van der Waals surface area contributed by atoms with Crippen molar-refractivity contribution in [3.8, 4) is 0 Å². The van der Waals surface area contributed by atoms with Crippen LogP contribution in [0.1, 0.15) is 24.5 Å². The number of nitrogens with one attached hydrogen (secondary N) is 1. The molecule has 3 aromatic rings. The Hall–Kier alpha value is -3.48. The smallest absolute Gasteiger partial charge is 0.294 e. The van der Waals surface area contributed by atoms with Gasteiger partial charge in [-0.2, -0.15) is 0 Å². The van der Waals surface area contributed by atoms with Gasteiger partial charge in [-0.15, -0.1) is 0 Å². The number of aromatic nitrogens is 2. The Balaban J connectivity index is 2.01. The summed E-state index contributed by atoms with van der Waals surface area (Å²) in [5.74, 6) is -0.547. The van der Waals surface area contributed by atoms with Gasteiger partial charge in [0.05, 0.1) is 11.0 Å². The Labute approximate surface area is 169 Å². The van der Waals surface area contributed by atoms with Crippen LogP contribution in [0.25, 0.3) is 11.0 Å². The van der Waals surface area contributed by atoms with Crippen molar-refractivity contribution in [1.29, 1.82) is 0 Å². The third-order valence-electron chi connectivity index (χ3n) is 4.64. The van der Waals surface area contributed by atoms with Crippen molar-refractivity contribution in [3.05, 3.63) is 63.9 Å². The zero-order valence-corrected chi connectivity index (χ0v) is 17.0. The van der Waals surface area contributed by atoms with Crippen LogP contribution < -0.4 is 15.8 Å². The van der Waals surface area contributed by atoms with Gasteiger partial charge in [0.1, 0.15) is 6.54 Å². The predicted octanol–water partition coefficient (Wildman–Crippen LogP) is 3.02. The fourth-order valence-electron chi connectivity index (χ4n) is 3.30. The monoisotopic (exact) mass is 392 g/mol. The fraction of sp³-hybridized carbons (Fsp3) is 0.273. The molecule has 2 amide bonds. The highest BCUT2D eigenvalue weighted by molar-refractivity contribution is 5.94. The number of hydrogen-bond donors (Lipinski definition) is 1. The van der Waals surface area contributed by atoms with Crippen LogP contribution in [0, 0.1) is 13.8 Å². The highest BCUT2D eigenvalue weighted by Crippen LogP contribution is 2.16. The van der Waals surface area contributed by atoms with Crippen molar-refractivity contribution >= 4 is 34.4 Å². The molecule has 0 aliphatic rings. The van der Waals surface area contributed by atoms with E-state index in [-0.39, 0.29) is 30.6 Å². The molecule has 7 heteroatoms. The van der Waals surface area contributed by atoms with Gasteiger partial charge in [0, 0.05) is 19.2 Å². The number of para-hydroxylation sites is 2. The molecule has 1 N–H and O–H groups in total. The molecule has 0 saturated heterocycles. The molecule has 0 unspecified atom stereocenters. The van der Waals surface area contributed by atoms with Gasteiger partial charge in [-0.3, -0.25) is 23.9 Å². The number of carbonyl (C=O) groups is 2. The van der Waals surface area contributed by atoms with Crippen LogP contribution >= 0.6 is 0 Å². The SMILES string of the molecule is CCC(=O)N(C)c1nc2ccccc2n(CC(=O)Nc2cc(C)cc(C)c2)c1=O. The quantitative estimate of drug-likeness (QED) is 0.723. The molecule has 3 rings (SSSR count). The molecule has 150 valence electrons. The summed E-state index contributed by atoms with van der Waals surface area (Å²) >= 11 is 0. The topological polar surface area (TPSA) is 84.3 Å². The van der Waals surface area contributed by atoms with Crippen LogP contribution in [0.4, 0.5) is 11.5 Å². The first-order valence-corrected chi connectivity index (χ1v) is 9.44. The normalized spacial score (nSPS) is 10.8. The zero-order valence-electron chi connectivity index (χ0n) is 17.0. The Kier molecular flexibility index (Phi) is 5.77. The molecule has 0 radical (unpaired) electrons. The Bertz CT molecular complexity index is 1130. The summed E-state index contributed by atoms with van der Waals surface area (Å²) < 4.78 is 1.36. The summed E-state index contributed by atoms with van der Waals surface area (Å²) in [6, 6.07) is 12.8. The molecule has 0 fully saturated rings. The van der Waals surface area contributed by atoms with E-state index < -0.39 is 5.56 Å². The first-order chi connectivity index (χ1) is 13.8. The van der Waals surface area contributed by atoms with Gasteiger partial charge in [-0.05, 0) is 49.2 Å². The van der Waals surface area contributed by atoms with Crippen molar-refractivity contribution in [3.63, 3.8) is 0 Å². The average molecular weight is 392 g/mol. The van der Waals surface area contributed by atoms with E-state index in [0.717, 1.165) is 11.1 Å². The number of aryl methyl sites for hydroxylation is 2. The number of nitrogens with zero attached hydrogens (tertiary/aromatic N) is 3. The lowest BCUT2D eigenvalue weighted by Gasteiger charge is -2.18. The first-order valence-electron chi connectivity index (χ1n) is 9.44. The molecule has 0 spiro atoms. The number of hydrogen-bond acceptors (Lipinski definition) is 4. The molecule has 1 aromatic heterocycles. The molecule has 0 saturated carbocycles. The highest BCUT2D eigenvalue weighted by Gasteiger charge is 2.19. The van der Waals surface area contributed by atoms with Crippen molar-refractivity contribution in [2.75, 3.05) is 17.3 Å². The van der Waals surface area contributed by atoms with Gasteiger partial charge < -0.3 is 5.32 Å².